The maximum Gasteiger partial charge on any atom is 0.273 e. The van der Waals surface area contributed by atoms with Crippen molar-refractivity contribution in [3.63, 3.8) is 0 Å². The van der Waals surface area contributed by atoms with Gasteiger partial charge in [-0.15, -0.1) is 11.3 Å². The molecular weight excluding hydrogens is 342 g/mol. The van der Waals surface area contributed by atoms with E-state index in [4.69, 9.17) is 9.47 Å². The van der Waals surface area contributed by atoms with Crippen LogP contribution in [0.1, 0.15) is 22.7 Å². The van der Waals surface area contributed by atoms with Crippen LogP contribution in [0.3, 0.4) is 0 Å². The molecule has 0 spiro atoms. The van der Waals surface area contributed by atoms with Crippen molar-refractivity contribution in [2.45, 2.75) is 26.2 Å². The molecule has 25 heavy (non-hydrogen) atoms. The third-order valence-corrected chi connectivity index (χ3v) is 5.39. The Morgan fingerprint density at radius 2 is 2.08 bits per heavy atom. The molecule has 0 unspecified atom stereocenters. The fourth-order valence-corrected chi connectivity index (χ4v) is 4.40. The van der Waals surface area contributed by atoms with Crippen LogP contribution in [0.2, 0.25) is 0 Å². The zero-order valence-electron chi connectivity index (χ0n) is 13.7. The van der Waals surface area contributed by atoms with Gasteiger partial charge in [0.05, 0.1) is 23.5 Å². The van der Waals surface area contributed by atoms with E-state index < -0.39 is 4.92 Å². The highest BCUT2D eigenvalue weighted by atomic mass is 32.1. The van der Waals surface area contributed by atoms with Crippen LogP contribution < -0.4 is 9.47 Å². The van der Waals surface area contributed by atoms with Crippen molar-refractivity contribution in [2.24, 2.45) is 0 Å². The summed E-state index contributed by atoms with van der Waals surface area (Å²) in [6.45, 7) is 1.81. The van der Waals surface area contributed by atoms with Crippen LogP contribution in [0.5, 0.6) is 17.4 Å². The van der Waals surface area contributed by atoms with Crippen LogP contribution in [0.25, 0.3) is 10.2 Å². The number of benzene rings is 1. The number of nitrogens with zero attached hydrogens (tertiary/aromatic N) is 3. The minimum Gasteiger partial charge on any atom is -0.493 e. The SMILES string of the molecule is COc1ccc([N+](=O)[O-])cc1Oc1nc(C)nc2sc3c(c12)CCC3. The summed E-state index contributed by atoms with van der Waals surface area (Å²) in [5.74, 6) is 1.73. The molecule has 7 nitrogen and oxygen atoms in total. The second kappa shape index (κ2) is 5.96. The zero-order chi connectivity index (χ0) is 17.6. The standard InChI is InChI=1S/C17H15N3O4S/c1-9-18-16(15-11-4-3-5-14(11)25-17(15)19-9)24-13-8-10(20(21)22)6-7-12(13)23-2/h6-8H,3-5H2,1-2H3. The van der Waals surface area contributed by atoms with Crippen molar-refractivity contribution in [2.75, 3.05) is 7.11 Å². The normalized spacial score (nSPS) is 13.0. The number of aromatic nitrogens is 2. The third-order valence-electron chi connectivity index (χ3n) is 4.21. The van der Waals surface area contributed by atoms with E-state index in [1.807, 2.05) is 6.92 Å². The minimum atomic E-state index is -0.463. The van der Waals surface area contributed by atoms with E-state index in [0.29, 0.717) is 17.5 Å². The Balaban J connectivity index is 1.86. The lowest BCUT2D eigenvalue weighted by Crippen LogP contribution is -1.98. The quantitative estimate of drug-likeness (QED) is 0.514. The van der Waals surface area contributed by atoms with Gasteiger partial charge in [0.15, 0.2) is 11.5 Å². The van der Waals surface area contributed by atoms with E-state index >= 15 is 0 Å². The monoisotopic (exact) mass is 357 g/mol. The summed E-state index contributed by atoms with van der Waals surface area (Å²) >= 11 is 1.67. The number of hydrogen-bond donors (Lipinski definition) is 0. The van der Waals surface area contributed by atoms with E-state index in [1.54, 1.807) is 11.3 Å². The predicted octanol–water partition coefficient (Wildman–Crippen LogP) is 4.20. The fourth-order valence-electron chi connectivity index (χ4n) is 3.10. The lowest BCUT2D eigenvalue weighted by molar-refractivity contribution is -0.384. The average Bonchev–Trinajstić information content (AvgIpc) is 3.14. The van der Waals surface area contributed by atoms with Crippen molar-refractivity contribution in [1.29, 1.82) is 0 Å². The molecule has 128 valence electrons. The van der Waals surface area contributed by atoms with Crippen LogP contribution >= 0.6 is 11.3 Å². The number of nitro groups is 1. The van der Waals surface area contributed by atoms with Crippen LogP contribution in [0.4, 0.5) is 5.69 Å². The van der Waals surface area contributed by atoms with Crippen molar-refractivity contribution in [1.82, 2.24) is 9.97 Å². The lowest BCUT2D eigenvalue weighted by atomic mass is 10.2. The number of thiophene rings is 1. The van der Waals surface area contributed by atoms with Gasteiger partial charge in [-0.25, -0.2) is 4.98 Å². The molecule has 0 atom stereocenters. The second-order valence-corrected chi connectivity index (χ2v) is 6.89. The first-order valence-corrected chi connectivity index (χ1v) is 8.67. The van der Waals surface area contributed by atoms with Crippen LogP contribution in [0.15, 0.2) is 18.2 Å². The summed E-state index contributed by atoms with van der Waals surface area (Å²) in [4.78, 5) is 21.8. The van der Waals surface area contributed by atoms with Crippen LogP contribution in [0, 0.1) is 17.0 Å². The molecule has 0 N–H and O–H groups in total. The van der Waals surface area contributed by atoms with Gasteiger partial charge in [0, 0.05) is 10.9 Å². The van der Waals surface area contributed by atoms with E-state index in [0.717, 1.165) is 29.5 Å². The predicted molar refractivity (Wildman–Crippen MR) is 93.9 cm³/mol. The number of rotatable bonds is 4. The second-order valence-electron chi connectivity index (χ2n) is 5.81. The first-order chi connectivity index (χ1) is 12.1. The molecule has 0 aliphatic heterocycles. The zero-order valence-corrected chi connectivity index (χ0v) is 14.6. The Bertz CT molecular complexity index is 999. The average molecular weight is 357 g/mol. The summed E-state index contributed by atoms with van der Waals surface area (Å²) in [5.41, 5.74) is 1.17. The molecular formula is C17H15N3O4S. The highest BCUT2D eigenvalue weighted by molar-refractivity contribution is 7.19. The molecule has 0 amide bonds. The number of non-ortho nitro benzene ring substituents is 1. The molecule has 3 aromatic rings. The van der Waals surface area contributed by atoms with Gasteiger partial charge < -0.3 is 9.47 Å². The molecule has 1 aliphatic rings. The van der Waals surface area contributed by atoms with Crippen LogP contribution in [-0.4, -0.2) is 22.0 Å². The third kappa shape index (κ3) is 2.68. The topological polar surface area (TPSA) is 87.4 Å². The van der Waals surface area contributed by atoms with Gasteiger partial charge >= 0.3 is 0 Å². The van der Waals surface area contributed by atoms with E-state index in [2.05, 4.69) is 9.97 Å². The summed E-state index contributed by atoms with van der Waals surface area (Å²) < 4.78 is 11.3. The molecule has 2 aromatic heterocycles. The summed E-state index contributed by atoms with van der Waals surface area (Å²) in [5, 5.41) is 12.0. The number of ether oxygens (including phenoxy) is 2. The van der Waals surface area contributed by atoms with Crippen molar-refractivity contribution in [3.8, 4) is 17.4 Å². The van der Waals surface area contributed by atoms with E-state index in [-0.39, 0.29) is 11.4 Å². The van der Waals surface area contributed by atoms with Crippen molar-refractivity contribution < 1.29 is 14.4 Å². The number of aryl methyl sites for hydroxylation is 3. The highest BCUT2D eigenvalue weighted by Crippen LogP contribution is 2.43. The molecule has 0 radical (unpaired) electrons. The van der Waals surface area contributed by atoms with Crippen molar-refractivity contribution >= 4 is 27.2 Å². The summed E-state index contributed by atoms with van der Waals surface area (Å²) in [6, 6.07) is 4.26. The fraction of sp³-hybridized carbons (Fsp3) is 0.294. The number of hydrogen-bond acceptors (Lipinski definition) is 7. The molecule has 1 aliphatic carbocycles. The summed E-state index contributed by atoms with van der Waals surface area (Å²) in [6.07, 6.45) is 3.14. The largest absolute Gasteiger partial charge is 0.493 e. The number of methoxy groups -OCH3 is 1. The first kappa shape index (κ1) is 15.8. The van der Waals surface area contributed by atoms with Gasteiger partial charge in [-0.05, 0) is 37.8 Å². The lowest BCUT2D eigenvalue weighted by Gasteiger charge is -2.11. The molecule has 2 heterocycles. The Morgan fingerprint density at radius 1 is 1.24 bits per heavy atom. The minimum absolute atomic E-state index is 0.0617. The Morgan fingerprint density at radius 3 is 2.84 bits per heavy atom. The van der Waals surface area contributed by atoms with Gasteiger partial charge in [-0.1, -0.05) is 0 Å². The molecule has 0 fully saturated rings. The van der Waals surface area contributed by atoms with Gasteiger partial charge in [0.1, 0.15) is 10.7 Å². The molecule has 0 bridgehead atoms. The Hall–Kier alpha value is -2.74. The molecule has 1 aromatic carbocycles. The number of nitro benzene ring substituents is 1. The molecule has 8 heteroatoms. The number of fused-ring (bicyclic) bond motifs is 3. The van der Waals surface area contributed by atoms with Gasteiger partial charge in [-0.2, -0.15) is 4.98 Å². The Kier molecular flexibility index (Phi) is 3.76. The van der Waals surface area contributed by atoms with Gasteiger partial charge in [0.25, 0.3) is 5.69 Å². The molecule has 4 rings (SSSR count). The molecule has 0 saturated heterocycles. The maximum atomic E-state index is 11.1. The molecule has 0 saturated carbocycles. The highest BCUT2D eigenvalue weighted by Gasteiger charge is 2.24. The van der Waals surface area contributed by atoms with E-state index in [9.17, 15) is 10.1 Å². The smallest absolute Gasteiger partial charge is 0.273 e. The van der Waals surface area contributed by atoms with Crippen LogP contribution in [-0.2, 0) is 12.8 Å². The maximum absolute atomic E-state index is 11.1. The summed E-state index contributed by atoms with van der Waals surface area (Å²) in [7, 11) is 1.50. The van der Waals surface area contributed by atoms with Gasteiger partial charge in [-0.3, -0.25) is 10.1 Å². The Labute approximate surface area is 147 Å². The first-order valence-electron chi connectivity index (χ1n) is 7.86. The van der Waals surface area contributed by atoms with Gasteiger partial charge in [0.2, 0.25) is 5.88 Å². The van der Waals surface area contributed by atoms with E-state index in [1.165, 1.54) is 35.7 Å². The van der Waals surface area contributed by atoms with Crippen molar-refractivity contribution in [3.05, 3.63) is 44.6 Å².